The maximum atomic E-state index is 14.0. The monoisotopic (exact) mass is 614 g/mol. The topological polar surface area (TPSA) is 145 Å². The predicted molar refractivity (Wildman–Crippen MR) is 144 cm³/mol. The van der Waals surface area contributed by atoms with Crippen molar-refractivity contribution < 1.29 is 31.1 Å². The normalized spacial score (nSPS) is 27.3. The largest absolute Gasteiger partial charge is 0.511 e. The third kappa shape index (κ3) is 4.55. The van der Waals surface area contributed by atoms with Crippen LogP contribution in [0, 0.1) is 23.6 Å². The van der Waals surface area contributed by atoms with Gasteiger partial charge in [-0.2, -0.15) is 8.42 Å². The first kappa shape index (κ1) is 26.7. The number of sulfonamides is 2. The van der Waals surface area contributed by atoms with Crippen molar-refractivity contribution in [2.45, 2.75) is 43.3 Å². The lowest BCUT2D eigenvalue weighted by Gasteiger charge is -2.44. The molecule has 0 saturated heterocycles. The highest BCUT2D eigenvalue weighted by Gasteiger charge is 2.57. The number of hydrogen-bond acceptors (Lipinski definition) is 8. The fraction of sp³-hybridized carbons (Fsp3) is 0.417. The van der Waals surface area contributed by atoms with Gasteiger partial charge in [0.15, 0.2) is 5.84 Å². The molecule has 0 unspecified atom stereocenters. The van der Waals surface area contributed by atoms with Gasteiger partial charge < -0.3 is 15.3 Å². The van der Waals surface area contributed by atoms with E-state index in [1.807, 2.05) is 0 Å². The number of aliphatic hydroxyl groups is 1. The zero-order valence-electron chi connectivity index (χ0n) is 20.5. The smallest absolute Gasteiger partial charge is 0.287 e. The number of aliphatic hydroxyl groups excluding tert-OH is 1. The van der Waals surface area contributed by atoms with E-state index in [-0.39, 0.29) is 74.5 Å². The van der Waals surface area contributed by atoms with Crippen LogP contribution in [-0.4, -0.2) is 50.9 Å². The summed E-state index contributed by atoms with van der Waals surface area (Å²) in [5.41, 5.74) is 0.606. The second-order valence-electron chi connectivity index (χ2n) is 10.3. The van der Waals surface area contributed by atoms with Crippen LogP contribution in [0.3, 0.4) is 0 Å². The number of amides is 1. The molecule has 6 rings (SSSR count). The van der Waals surface area contributed by atoms with E-state index in [0.717, 1.165) is 36.9 Å². The van der Waals surface area contributed by atoms with Crippen LogP contribution in [0.1, 0.15) is 30.4 Å². The molecule has 4 atom stereocenters. The number of nitrogens with zero attached hydrogens (tertiary/aromatic N) is 2. The van der Waals surface area contributed by atoms with E-state index in [9.17, 15) is 31.1 Å². The van der Waals surface area contributed by atoms with Gasteiger partial charge in [0.25, 0.3) is 15.9 Å². The van der Waals surface area contributed by atoms with Gasteiger partial charge in [0.05, 0.1) is 11.3 Å². The lowest BCUT2D eigenvalue weighted by Crippen LogP contribution is -2.53. The Morgan fingerprint density at radius 3 is 2.77 bits per heavy atom. The van der Waals surface area contributed by atoms with Crippen LogP contribution in [0.15, 0.2) is 44.2 Å². The highest BCUT2D eigenvalue weighted by atomic mass is 35.5. The van der Waals surface area contributed by atoms with Gasteiger partial charge in [-0.15, -0.1) is 15.7 Å². The summed E-state index contributed by atoms with van der Waals surface area (Å²) in [6.45, 7) is -0.143. The molecule has 10 nitrogen and oxygen atoms in total. The van der Waals surface area contributed by atoms with E-state index in [2.05, 4.69) is 14.4 Å². The molecular formula is C24H24ClFN4O6S3. The van der Waals surface area contributed by atoms with Gasteiger partial charge in [-0.05, 0) is 54.2 Å². The summed E-state index contributed by atoms with van der Waals surface area (Å²) in [7, 11) is -7.91. The lowest BCUT2D eigenvalue weighted by molar-refractivity contribution is -0.134. The second kappa shape index (κ2) is 9.26. The average Bonchev–Trinajstić information content (AvgIpc) is 3.57. The van der Waals surface area contributed by atoms with Crippen LogP contribution in [0.5, 0.6) is 0 Å². The van der Waals surface area contributed by atoms with Gasteiger partial charge >= 0.3 is 0 Å². The summed E-state index contributed by atoms with van der Waals surface area (Å²) >= 11 is 7.01. The molecule has 1 aromatic heterocycles. The molecule has 208 valence electrons. The minimum atomic E-state index is -4.34. The van der Waals surface area contributed by atoms with Crippen molar-refractivity contribution in [2.24, 2.45) is 22.2 Å². The van der Waals surface area contributed by atoms with Crippen LogP contribution in [0.4, 0.5) is 9.39 Å². The minimum Gasteiger partial charge on any atom is -0.511 e. The van der Waals surface area contributed by atoms with Crippen LogP contribution in [0.2, 0.25) is 5.02 Å². The number of rotatable bonds is 6. The molecule has 3 heterocycles. The van der Waals surface area contributed by atoms with Crippen molar-refractivity contribution in [2.75, 3.05) is 11.6 Å². The number of benzene rings is 1. The second-order valence-corrected chi connectivity index (χ2v) is 15.0. The van der Waals surface area contributed by atoms with Crippen LogP contribution < -0.4 is 10.0 Å². The Morgan fingerprint density at radius 2 is 2.05 bits per heavy atom. The quantitative estimate of drug-likeness (QED) is 0.452. The van der Waals surface area contributed by atoms with E-state index in [0.29, 0.717) is 5.56 Å². The fourth-order valence-corrected chi connectivity index (χ4v) is 9.60. The molecule has 0 spiro atoms. The Kier molecular flexibility index (Phi) is 6.34. The Morgan fingerprint density at radius 1 is 1.31 bits per heavy atom. The van der Waals surface area contributed by atoms with Crippen molar-refractivity contribution in [3.05, 3.63) is 56.9 Å². The summed E-state index contributed by atoms with van der Waals surface area (Å²) in [6.07, 6.45) is 3.61. The predicted octanol–water partition coefficient (Wildman–Crippen LogP) is 3.37. The summed E-state index contributed by atoms with van der Waals surface area (Å²) in [5.74, 6) is -1.67. The minimum absolute atomic E-state index is 0.0733. The first-order valence-electron chi connectivity index (χ1n) is 12.2. The highest BCUT2D eigenvalue weighted by Crippen LogP contribution is 2.55. The maximum absolute atomic E-state index is 14.0. The first-order chi connectivity index (χ1) is 18.3. The summed E-state index contributed by atoms with van der Waals surface area (Å²) < 4.78 is 69.5. The number of halogens is 2. The number of thiophene rings is 1. The number of anilines is 1. The van der Waals surface area contributed by atoms with E-state index < -0.39 is 31.8 Å². The molecule has 3 N–H and O–H groups in total. The van der Waals surface area contributed by atoms with E-state index >= 15 is 0 Å². The molecule has 0 radical (unpaired) electrons. The third-order valence-electron chi connectivity index (χ3n) is 7.90. The molecule has 1 amide bonds. The molecule has 2 saturated carbocycles. The van der Waals surface area contributed by atoms with Gasteiger partial charge in [-0.25, -0.2) is 17.5 Å². The number of amidine groups is 1. The standard InChI is InChI=1S/C24H24ClFN4O6S3/c1-38(33,34)27-8-14-10-37-23-21(14)39(35,36)29-22(28-23)18-20(31)17-12-3-4-13(7-12)19(17)30(24(18)32)9-11-2-5-16(26)15(25)6-11/h2,5-6,10,12-13,17,19,27,31H,3-4,7-9H2,1H3,(H,28,29)/t12-,13+,17+,19-/m0/s1. The summed E-state index contributed by atoms with van der Waals surface area (Å²) in [5, 5.41) is 15.9. The molecule has 2 fully saturated rings. The van der Waals surface area contributed by atoms with Crippen LogP contribution in [-0.2, 0) is 37.9 Å². The SMILES string of the molecule is CS(=O)(=O)NCc1csc2c1S(=O)(=O)N=C(C1=C(O)[C@@H]3[C@H]4CC[C@H](C4)[C@@H]3N(Cc3ccc(F)c(Cl)c3)C1=O)N2. The highest BCUT2D eigenvalue weighted by molar-refractivity contribution is 7.91. The van der Waals surface area contributed by atoms with E-state index in [1.54, 1.807) is 11.0 Å². The zero-order valence-corrected chi connectivity index (χ0v) is 23.7. The van der Waals surface area contributed by atoms with Crippen molar-refractivity contribution in [1.82, 2.24) is 9.62 Å². The molecule has 2 aliphatic heterocycles. The zero-order chi connectivity index (χ0) is 27.9. The number of carbonyl (C=O) groups excluding carboxylic acids is 1. The van der Waals surface area contributed by atoms with E-state index in [1.165, 1.54) is 17.5 Å². The first-order valence-corrected chi connectivity index (χ1v) is 16.8. The fourth-order valence-electron chi connectivity index (χ4n) is 6.37. The van der Waals surface area contributed by atoms with Gasteiger partial charge in [-0.3, -0.25) is 4.79 Å². The van der Waals surface area contributed by atoms with E-state index in [4.69, 9.17) is 11.6 Å². The summed E-state index contributed by atoms with van der Waals surface area (Å²) in [4.78, 5) is 15.4. The number of carbonyl (C=O) groups is 1. The van der Waals surface area contributed by atoms with Crippen molar-refractivity contribution in [1.29, 1.82) is 0 Å². The third-order valence-corrected chi connectivity index (χ3v) is 11.3. The molecule has 39 heavy (non-hydrogen) atoms. The van der Waals surface area contributed by atoms with Gasteiger partial charge in [0.1, 0.15) is 27.0 Å². The molecule has 4 aliphatic rings. The van der Waals surface area contributed by atoms with Crippen molar-refractivity contribution in [3.63, 3.8) is 0 Å². The Labute approximate surface area is 233 Å². The van der Waals surface area contributed by atoms with Crippen LogP contribution in [0.25, 0.3) is 0 Å². The van der Waals surface area contributed by atoms with Gasteiger partial charge in [-0.1, -0.05) is 17.7 Å². The molecule has 2 bridgehead atoms. The van der Waals surface area contributed by atoms with Gasteiger partial charge in [0, 0.05) is 30.6 Å². The molecular weight excluding hydrogens is 591 g/mol. The van der Waals surface area contributed by atoms with Gasteiger partial charge in [0.2, 0.25) is 10.0 Å². The molecule has 1 aromatic carbocycles. The Balaban J connectivity index is 1.39. The Hall–Kier alpha value is -2.52. The lowest BCUT2D eigenvalue weighted by atomic mass is 9.77. The summed E-state index contributed by atoms with van der Waals surface area (Å²) in [6, 6.07) is 3.94. The number of fused-ring (bicyclic) bond motifs is 6. The van der Waals surface area contributed by atoms with Crippen molar-refractivity contribution in [3.8, 4) is 0 Å². The molecule has 15 heteroatoms. The molecule has 2 aromatic rings. The Bertz CT molecular complexity index is 1690. The maximum Gasteiger partial charge on any atom is 0.287 e. The number of nitrogens with one attached hydrogen (secondary N) is 2. The van der Waals surface area contributed by atoms with Crippen LogP contribution >= 0.6 is 22.9 Å². The average molecular weight is 615 g/mol. The molecule has 2 aliphatic carbocycles. The van der Waals surface area contributed by atoms with Crippen molar-refractivity contribution >= 4 is 59.7 Å². The number of hydrogen-bond donors (Lipinski definition) is 3.